The summed E-state index contributed by atoms with van der Waals surface area (Å²) in [4.78, 5) is 0. The minimum Gasteiger partial charge on any atom is -0.386 e. The third-order valence-corrected chi connectivity index (χ3v) is 1.48. The summed E-state index contributed by atoms with van der Waals surface area (Å²) in [5.41, 5.74) is 0.0648. The lowest BCUT2D eigenvalue weighted by Gasteiger charge is -2.02. The molecule has 0 fully saturated rings. The van der Waals surface area contributed by atoms with Gasteiger partial charge in [-0.1, -0.05) is 11.6 Å². The van der Waals surface area contributed by atoms with Crippen LogP contribution in [-0.2, 0) is 0 Å². The highest BCUT2D eigenvalue weighted by atomic mass is 35.5. The molecule has 11 heavy (non-hydrogen) atoms. The molecule has 1 nitrogen and oxygen atoms in total. The molecule has 0 heterocycles. The monoisotopic (exact) mass is 177 g/mol. The first-order chi connectivity index (χ1) is 5.15. The molecule has 1 aromatic carbocycles. The maximum Gasteiger partial charge on any atom is 0.181 e. The molecule has 1 aromatic rings. The van der Waals surface area contributed by atoms with E-state index in [1.54, 1.807) is 0 Å². The van der Waals surface area contributed by atoms with Crippen LogP contribution >= 0.6 is 11.6 Å². The van der Waals surface area contributed by atoms with Crippen molar-refractivity contribution >= 4 is 17.3 Å². The fourth-order valence-corrected chi connectivity index (χ4v) is 0.943. The van der Waals surface area contributed by atoms with E-state index in [0.29, 0.717) is 0 Å². The summed E-state index contributed by atoms with van der Waals surface area (Å²) in [7, 11) is 1.49. The molecule has 0 aliphatic heterocycles. The number of benzene rings is 1. The van der Waals surface area contributed by atoms with Crippen LogP contribution in [0.3, 0.4) is 0 Å². The predicted molar refractivity (Wildman–Crippen MR) is 40.9 cm³/mol. The maximum atomic E-state index is 12.7. The molecule has 0 aromatic heterocycles. The highest BCUT2D eigenvalue weighted by Gasteiger charge is 2.07. The summed E-state index contributed by atoms with van der Waals surface area (Å²) in [6.45, 7) is 0. The summed E-state index contributed by atoms with van der Waals surface area (Å²) < 4.78 is 25.2. The molecule has 60 valence electrons. The van der Waals surface area contributed by atoms with Crippen LogP contribution in [0.15, 0.2) is 12.1 Å². The Labute approximate surface area is 68.0 Å². The van der Waals surface area contributed by atoms with Gasteiger partial charge in [-0.2, -0.15) is 0 Å². The lowest BCUT2D eigenvalue weighted by atomic mass is 10.3. The second-order valence-electron chi connectivity index (χ2n) is 2.00. The van der Waals surface area contributed by atoms with Crippen LogP contribution < -0.4 is 5.32 Å². The SMILES string of the molecule is CNc1cc(Cl)cc(F)c1F. The zero-order chi connectivity index (χ0) is 8.43. The molecule has 0 saturated heterocycles. The molecule has 0 saturated carbocycles. The third-order valence-electron chi connectivity index (χ3n) is 1.26. The number of anilines is 1. The average molecular weight is 178 g/mol. The Balaban J connectivity index is 3.24. The van der Waals surface area contributed by atoms with Crippen molar-refractivity contribution in [2.75, 3.05) is 12.4 Å². The van der Waals surface area contributed by atoms with Crippen molar-refractivity contribution < 1.29 is 8.78 Å². The lowest BCUT2D eigenvalue weighted by Crippen LogP contribution is -1.95. The second-order valence-corrected chi connectivity index (χ2v) is 2.44. The van der Waals surface area contributed by atoms with Crippen molar-refractivity contribution in [3.63, 3.8) is 0 Å². The quantitative estimate of drug-likeness (QED) is 0.651. The molecule has 0 atom stereocenters. The first-order valence-electron chi connectivity index (χ1n) is 2.97. The third kappa shape index (κ3) is 1.60. The zero-order valence-corrected chi connectivity index (χ0v) is 6.54. The Bertz CT molecular complexity index is 275. The van der Waals surface area contributed by atoms with E-state index in [4.69, 9.17) is 11.6 Å². The minimum absolute atomic E-state index is 0.0648. The van der Waals surface area contributed by atoms with Crippen molar-refractivity contribution in [3.05, 3.63) is 28.8 Å². The molecular formula is C7H6ClF2N. The van der Waals surface area contributed by atoms with Gasteiger partial charge in [0.05, 0.1) is 5.69 Å². The van der Waals surface area contributed by atoms with E-state index < -0.39 is 11.6 Å². The van der Waals surface area contributed by atoms with E-state index >= 15 is 0 Å². The Kier molecular flexibility index (Phi) is 2.29. The Morgan fingerprint density at radius 2 is 2.00 bits per heavy atom. The summed E-state index contributed by atoms with van der Waals surface area (Å²) in [5.74, 6) is -1.85. The van der Waals surface area contributed by atoms with Crippen molar-refractivity contribution in [2.24, 2.45) is 0 Å². The molecule has 0 aliphatic rings. The molecule has 0 aliphatic carbocycles. The number of rotatable bonds is 1. The molecule has 0 bridgehead atoms. The number of hydrogen-bond acceptors (Lipinski definition) is 1. The first-order valence-corrected chi connectivity index (χ1v) is 3.35. The van der Waals surface area contributed by atoms with E-state index in [2.05, 4.69) is 5.32 Å². The van der Waals surface area contributed by atoms with Crippen LogP contribution in [0.5, 0.6) is 0 Å². The van der Waals surface area contributed by atoms with Crippen LogP contribution in [0.1, 0.15) is 0 Å². The molecule has 0 amide bonds. The highest BCUT2D eigenvalue weighted by Crippen LogP contribution is 2.21. The van der Waals surface area contributed by atoms with Crippen molar-refractivity contribution in [1.29, 1.82) is 0 Å². The molecule has 4 heteroatoms. The van der Waals surface area contributed by atoms with Gasteiger partial charge in [0, 0.05) is 12.1 Å². The normalized spacial score (nSPS) is 9.82. The summed E-state index contributed by atoms with van der Waals surface area (Å²) >= 11 is 5.45. The standard InChI is InChI=1S/C7H6ClF2N/c1-11-6-3-4(8)2-5(9)7(6)10/h2-3,11H,1H3. The zero-order valence-electron chi connectivity index (χ0n) is 5.79. The van der Waals surface area contributed by atoms with Gasteiger partial charge in [-0.15, -0.1) is 0 Å². The highest BCUT2D eigenvalue weighted by molar-refractivity contribution is 6.30. The van der Waals surface area contributed by atoms with Crippen molar-refractivity contribution in [3.8, 4) is 0 Å². The minimum atomic E-state index is -0.943. The number of nitrogens with one attached hydrogen (secondary N) is 1. The van der Waals surface area contributed by atoms with Crippen molar-refractivity contribution in [2.45, 2.75) is 0 Å². The molecule has 1 rings (SSSR count). The van der Waals surface area contributed by atoms with Gasteiger partial charge in [0.15, 0.2) is 11.6 Å². The fraction of sp³-hybridized carbons (Fsp3) is 0.143. The topological polar surface area (TPSA) is 12.0 Å². The van der Waals surface area contributed by atoms with Gasteiger partial charge in [-0.05, 0) is 12.1 Å². The van der Waals surface area contributed by atoms with E-state index in [0.717, 1.165) is 6.07 Å². The van der Waals surface area contributed by atoms with Gasteiger partial charge in [0.1, 0.15) is 0 Å². The molecule has 1 N–H and O–H groups in total. The molecular weight excluding hydrogens is 172 g/mol. The van der Waals surface area contributed by atoms with E-state index in [1.165, 1.54) is 13.1 Å². The number of halogens is 3. The second kappa shape index (κ2) is 3.05. The Morgan fingerprint density at radius 1 is 1.36 bits per heavy atom. The van der Waals surface area contributed by atoms with Gasteiger partial charge in [0.25, 0.3) is 0 Å². The summed E-state index contributed by atoms with van der Waals surface area (Å²) in [6, 6.07) is 2.25. The average Bonchev–Trinajstić information content (AvgIpc) is 1.96. The smallest absolute Gasteiger partial charge is 0.181 e. The largest absolute Gasteiger partial charge is 0.386 e. The molecule has 0 unspecified atom stereocenters. The summed E-state index contributed by atoms with van der Waals surface area (Å²) in [5, 5.41) is 2.65. The fourth-order valence-electron chi connectivity index (χ4n) is 0.738. The van der Waals surface area contributed by atoms with Gasteiger partial charge in [-0.3, -0.25) is 0 Å². The van der Waals surface area contributed by atoms with Crippen LogP contribution in [-0.4, -0.2) is 7.05 Å². The van der Waals surface area contributed by atoms with Gasteiger partial charge in [0.2, 0.25) is 0 Å². The van der Waals surface area contributed by atoms with E-state index in [-0.39, 0.29) is 10.7 Å². The summed E-state index contributed by atoms with van der Waals surface area (Å²) in [6.07, 6.45) is 0. The van der Waals surface area contributed by atoms with Crippen LogP contribution in [0, 0.1) is 11.6 Å². The number of hydrogen-bond donors (Lipinski definition) is 1. The van der Waals surface area contributed by atoms with Crippen molar-refractivity contribution in [1.82, 2.24) is 0 Å². The maximum absolute atomic E-state index is 12.7. The van der Waals surface area contributed by atoms with Gasteiger partial charge < -0.3 is 5.32 Å². The Hall–Kier alpha value is -0.830. The lowest BCUT2D eigenvalue weighted by molar-refractivity contribution is 0.511. The van der Waals surface area contributed by atoms with E-state index in [9.17, 15) is 8.78 Å². The molecule has 0 spiro atoms. The van der Waals surface area contributed by atoms with E-state index in [1.807, 2.05) is 0 Å². The van der Waals surface area contributed by atoms with Gasteiger partial charge in [-0.25, -0.2) is 8.78 Å². The first kappa shape index (κ1) is 8.27. The Morgan fingerprint density at radius 3 is 2.55 bits per heavy atom. The van der Waals surface area contributed by atoms with Gasteiger partial charge >= 0.3 is 0 Å². The van der Waals surface area contributed by atoms with Crippen LogP contribution in [0.25, 0.3) is 0 Å². The van der Waals surface area contributed by atoms with Crippen LogP contribution in [0.2, 0.25) is 5.02 Å². The van der Waals surface area contributed by atoms with Crippen LogP contribution in [0.4, 0.5) is 14.5 Å². The molecule has 0 radical (unpaired) electrons. The predicted octanol–water partition coefficient (Wildman–Crippen LogP) is 2.66.